The number of ketones is 1. The summed E-state index contributed by atoms with van der Waals surface area (Å²) in [6.45, 7) is 3.81. The molecule has 1 fully saturated rings. The lowest BCUT2D eigenvalue weighted by atomic mass is 9.99. The minimum atomic E-state index is -0.713. The number of thiophene rings is 1. The second kappa shape index (κ2) is 7.50. The number of carbonyl (C=O) groups excluding carboxylic acids is 2. The van der Waals surface area contributed by atoms with E-state index in [0.29, 0.717) is 16.3 Å². The number of nitrogens with zero attached hydrogens (tertiary/aromatic N) is 1. The van der Waals surface area contributed by atoms with Gasteiger partial charge in [0.1, 0.15) is 11.8 Å². The van der Waals surface area contributed by atoms with E-state index in [1.165, 1.54) is 16.2 Å². The van der Waals surface area contributed by atoms with E-state index in [1.807, 2.05) is 49.6 Å². The van der Waals surface area contributed by atoms with Crippen LogP contribution in [-0.4, -0.2) is 16.8 Å². The van der Waals surface area contributed by atoms with Gasteiger partial charge < -0.3 is 5.11 Å². The molecule has 2 aromatic carbocycles. The molecule has 1 amide bonds. The van der Waals surface area contributed by atoms with Crippen LogP contribution in [0.1, 0.15) is 27.6 Å². The maximum Gasteiger partial charge on any atom is 0.300 e. The SMILES string of the molecule is Cc1ccc(/C(O)=C2/C(=O)C(=O)N(c3ccc(C)c(Cl)c3)C2c2cccs2)cc1. The van der Waals surface area contributed by atoms with E-state index in [4.69, 9.17) is 11.6 Å². The molecule has 1 unspecified atom stereocenters. The van der Waals surface area contributed by atoms with Crippen molar-refractivity contribution in [2.45, 2.75) is 19.9 Å². The van der Waals surface area contributed by atoms with Gasteiger partial charge in [-0.3, -0.25) is 14.5 Å². The van der Waals surface area contributed by atoms with Gasteiger partial charge in [-0.1, -0.05) is 53.6 Å². The lowest BCUT2D eigenvalue weighted by molar-refractivity contribution is -0.132. The van der Waals surface area contributed by atoms with Gasteiger partial charge >= 0.3 is 0 Å². The van der Waals surface area contributed by atoms with Crippen LogP contribution in [0, 0.1) is 13.8 Å². The predicted molar refractivity (Wildman–Crippen MR) is 116 cm³/mol. The van der Waals surface area contributed by atoms with Crippen molar-refractivity contribution in [3.8, 4) is 0 Å². The van der Waals surface area contributed by atoms with Crippen molar-refractivity contribution in [2.24, 2.45) is 0 Å². The summed E-state index contributed by atoms with van der Waals surface area (Å²) in [6.07, 6.45) is 0. The van der Waals surface area contributed by atoms with Crippen molar-refractivity contribution in [2.75, 3.05) is 4.90 Å². The largest absolute Gasteiger partial charge is 0.507 e. The number of Topliss-reactive ketones (excluding diaryl/α,β-unsaturated/α-hetero) is 1. The van der Waals surface area contributed by atoms with Crippen LogP contribution in [-0.2, 0) is 9.59 Å². The number of hydrogen-bond donors (Lipinski definition) is 1. The van der Waals surface area contributed by atoms with Gasteiger partial charge in [-0.05, 0) is 43.0 Å². The monoisotopic (exact) mass is 423 g/mol. The molecule has 1 N–H and O–H groups in total. The molecule has 1 aliphatic rings. The van der Waals surface area contributed by atoms with Crippen LogP contribution in [0.2, 0.25) is 5.02 Å². The van der Waals surface area contributed by atoms with Crippen molar-refractivity contribution >= 4 is 46.1 Å². The molecule has 1 aromatic heterocycles. The number of aliphatic hydroxyl groups excluding tert-OH is 1. The van der Waals surface area contributed by atoms with E-state index < -0.39 is 17.7 Å². The van der Waals surface area contributed by atoms with Gasteiger partial charge in [0.2, 0.25) is 0 Å². The first-order valence-electron chi connectivity index (χ1n) is 9.06. The highest BCUT2D eigenvalue weighted by Gasteiger charge is 2.47. The van der Waals surface area contributed by atoms with E-state index in [9.17, 15) is 14.7 Å². The van der Waals surface area contributed by atoms with Crippen molar-refractivity contribution < 1.29 is 14.7 Å². The molecule has 146 valence electrons. The fourth-order valence-electron chi connectivity index (χ4n) is 3.41. The average molecular weight is 424 g/mol. The lowest BCUT2D eigenvalue weighted by Crippen LogP contribution is -2.29. The third-order valence-corrected chi connectivity index (χ3v) is 6.35. The van der Waals surface area contributed by atoms with Crippen molar-refractivity contribution in [1.29, 1.82) is 0 Å². The van der Waals surface area contributed by atoms with E-state index in [1.54, 1.807) is 24.3 Å². The van der Waals surface area contributed by atoms with Gasteiger partial charge in [0.15, 0.2) is 0 Å². The topological polar surface area (TPSA) is 57.6 Å². The summed E-state index contributed by atoms with van der Waals surface area (Å²) in [5.74, 6) is -1.57. The fourth-order valence-corrected chi connectivity index (χ4v) is 4.41. The van der Waals surface area contributed by atoms with E-state index in [2.05, 4.69) is 0 Å². The first kappa shape index (κ1) is 19.4. The number of carbonyl (C=O) groups is 2. The van der Waals surface area contributed by atoms with Crippen molar-refractivity contribution in [1.82, 2.24) is 0 Å². The number of anilines is 1. The number of halogens is 1. The molecule has 6 heteroatoms. The zero-order valence-electron chi connectivity index (χ0n) is 15.8. The average Bonchev–Trinajstić information content (AvgIpc) is 3.32. The normalized spacial score (nSPS) is 18.4. The van der Waals surface area contributed by atoms with Crippen molar-refractivity contribution in [3.05, 3.63) is 92.1 Å². The highest BCUT2D eigenvalue weighted by molar-refractivity contribution is 7.10. The number of amides is 1. The highest BCUT2D eigenvalue weighted by Crippen LogP contribution is 2.44. The van der Waals surface area contributed by atoms with Crippen molar-refractivity contribution in [3.63, 3.8) is 0 Å². The molecule has 29 heavy (non-hydrogen) atoms. The summed E-state index contributed by atoms with van der Waals surface area (Å²) in [5, 5.41) is 13.4. The minimum absolute atomic E-state index is 0.0815. The number of benzene rings is 2. The minimum Gasteiger partial charge on any atom is -0.507 e. The molecule has 4 rings (SSSR count). The standard InChI is InChI=1S/C23H18ClNO3S/c1-13-5-8-15(9-6-13)21(26)19-20(18-4-3-11-29-18)25(23(28)22(19)27)16-10-7-14(2)17(24)12-16/h3-12,20,26H,1-2H3/b21-19-. The van der Waals surface area contributed by atoms with Crippen LogP contribution in [0.15, 0.2) is 65.6 Å². The molecule has 0 bridgehead atoms. The molecular weight excluding hydrogens is 406 g/mol. The van der Waals surface area contributed by atoms with Gasteiger partial charge in [-0.2, -0.15) is 0 Å². The molecule has 1 aliphatic heterocycles. The Morgan fingerprint density at radius 1 is 1.07 bits per heavy atom. The zero-order chi connectivity index (χ0) is 20.7. The smallest absolute Gasteiger partial charge is 0.300 e. The van der Waals surface area contributed by atoms with E-state index >= 15 is 0 Å². The van der Waals surface area contributed by atoms with E-state index in [0.717, 1.165) is 16.0 Å². The van der Waals surface area contributed by atoms with Crippen LogP contribution in [0.3, 0.4) is 0 Å². The molecule has 0 spiro atoms. The zero-order valence-corrected chi connectivity index (χ0v) is 17.4. The van der Waals surface area contributed by atoms with Gasteiger partial charge in [0, 0.05) is 21.2 Å². The summed E-state index contributed by atoms with van der Waals surface area (Å²) < 4.78 is 0. The first-order valence-corrected chi connectivity index (χ1v) is 10.3. The Bertz CT molecular complexity index is 1130. The van der Waals surface area contributed by atoms with Crippen LogP contribution >= 0.6 is 22.9 Å². The first-order chi connectivity index (χ1) is 13.9. The number of rotatable bonds is 3. The molecule has 0 aliphatic carbocycles. The third kappa shape index (κ3) is 3.37. The summed E-state index contributed by atoms with van der Waals surface area (Å²) in [4.78, 5) is 28.2. The van der Waals surface area contributed by atoms with Crippen LogP contribution < -0.4 is 4.90 Å². The molecule has 0 saturated carbocycles. The second-order valence-electron chi connectivity index (χ2n) is 6.98. The highest BCUT2D eigenvalue weighted by atomic mass is 35.5. The van der Waals surface area contributed by atoms with Crippen LogP contribution in [0.25, 0.3) is 5.76 Å². The Labute approximate surface area is 177 Å². The van der Waals surface area contributed by atoms with Gasteiger partial charge in [0.25, 0.3) is 11.7 Å². The number of hydrogen-bond acceptors (Lipinski definition) is 4. The molecule has 3 aromatic rings. The summed E-state index contributed by atoms with van der Waals surface area (Å²) in [5.41, 5.74) is 3.00. The Hall–Kier alpha value is -2.89. The van der Waals surface area contributed by atoms with Crippen LogP contribution in [0.4, 0.5) is 5.69 Å². The maximum atomic E-state index is 13.0. The summed E-state index contributed by atoms with van der Waals surface area (Å²) in [7, 11) is 0. The summed E-state index contributed by atoms with van der Waals surface area (Å²) >= 11 is 7.70. The second-order valence-corrected chi connectivity index (χ2v) is 8.37. The Kier molecular flexibility index (Phi) is 5.03. The molecule has 2 heterocycles. The fraction of sp³-hybridized carbons (Fsp3) is 0.130. The Morgan fingerprint density at radius 2 is 1.79 bits per heavy atom. The Morgan fingerprint density at radius 3 is 2.41 bits per heavy atom. The maximum absolute atomic E-state index is 13.0. The third-order valence-electron chi connectivity index (χ3n) is 5.02. The molecule has 1 saturated heterocycles. The molecule has 0 radical (unpaired) electrons. The molecule has 4 nitrogen and oxygen atoms in total. The van der Waals surface area contributed by atoms with E-state index in [-0.39, 0.29) is 11.3 Å². The van der Waals surface area contributed by atoms with Gasteiger partial charge in [0.05, 0.1) is 5.57 Å². The van der Waals surface area contributed by atoms with Gasteiger partial charge in [-0.15, -0.1) is 11.3 Å². The Balaban J connectivity index is 1.92. The number of aryl methyl sites for hydroxylation is 2. The molecule has 1 atom stereocenters. The van der Waals surface area contributed by atoms with Crippen LogP contribution in [0.5, 0.6) is 0 Å². The van der Waals surface area contributed by atoms with Gasteiger partial charge in [-0.25, -0.2) is 0 Å². The lowest BCUT2D eigenvalue weighted by Gasteiger charge is -2.24. The predicted octanol–water partition coefficient (Wildman–Crippen LogP) is 5.64. The summed E-state index contributed by atoms with van der Waals surface area (Å²) in [6, 6.07) is 15.4. The quantitative estimate of drug-likeness (QED) is 0.336. The molecular formula is C23H18ClNO3S. The number of aliphatic hydroxyl groups is 1.